The summed E-state index contributed by atoms with van der Waals surface area (Å²) in [5, 5.41) is 6.07. The molecule has 2 fully saturated rings. The second-order valence-corrected chi connectivity index (χ2v) is 6.60. The summed E-state index contributed by atoms with van der Waals surface area (Å²) in [6, 6.07) is 0. The summed E-state index contributed by atoms with van der Waals surface area (Å²) >= 11 is 0. The Kier molecular flexibility index (Phi) is 4.94. The van der Waals surface area contributed by atoms with Crippen molar-refractivity contribution in [3.05, 3.63) is 17.8 Å². The molecule has 1 aromatic heterocycles. The van der Waals surface area contributed by atoms with Crippen LogP contribution in [0.4, 0.5) is 8.78 Å². The number of alkyl halides is 2. The van der Waals surface area contributed by atoms with Gasteiger partial charge in [-0.15, -0.1) is 0 Å². The molecular formula is C16H23F2N3O2. The van der Waals surface area contributed by atoms with Gasteiger partial charge in [0, 0.05) is 25.3 Å². The van der Waals surface area contributed by atoms with E-state index in [0.717, 1.165) is 25.9 Å². The predicted octanol–water partition coefficient (Wildman–Crippen LogP) is 2.70. The van der Waals surface area contributed by atoms with Gasteiger partial charge >= 0.3 is 0 Å². The van der Waals surface area contributed by atoms with Gasteiger partial charge in [0.15, 0.2) is 12.1 Å². The minimum absolute atomic E-state index is 0.00787. The van der Waals surface area contributed by atoms with Crippen molar-refractivity contribution in [1.29, 1.82) is 0 Å². The van der Waals surface area contributed by atoms with E-state index in [9.17, 15) is 13.6 Å². The second kappa shape index (κ2) is 6.95. The molecule has 0 aromatic carbocycles. The van der Waals surface area contributed by atoms with E-state index in [-0.39, 0.29) is 30.6 Å². The van der Waals surface area contributed by atoms with Gasteiger partial charge in [-0.1, -0.05) is 0 Å². The number of halogens is 2. The van der Waals surface area contributed by atoms with Crippen LogP contribution >= 0.6 is 0 Å². The maximum absolute atomic E-state index is 13.1. The first-order valence-corrected chi connectivity index (χ1v) is 8.35. The molecule has 5 nitrogen and oxygen atoms in total. The normalized spacial score (nSPS) is 24.7. The maximum atomic E-state index is 13.1. The minimum atomic E-state index is -2.52. The first-order valence-electron chi connectivity index (χ1n) is 8.35. The molecule has 2 heterocycles. The highest BCUT2D eigenvalue weighted by atomic mass is 19.3. The van der Waals surface area contributed by atoms with E-state index in [4.69, 9.17) is 4.42 Å². The van der Waals surface area contributed by atoms with Crippen LogP contribution in [0.5, 0.6) is 0 Å². The lowest BCUT2D eigenvalue weighted by Crippen LogP contribution is -2.30. The maximum Gasteiger partial charge on any atom is 0.273 e. The number of nitrogens with zero attached hydrogens (tertiary/aromatic N) is 1. The Hall–Kier alpha value is -1.50. The first-order chi connectivity index (χ1) is 11.1. The van der Waals surface area contributed by atoms with Crippen molar-refractivity contribution in [2.45, 2.75) is 50.4 Å². The molecule has 3 rings (SSSR count). The van der Waals surface area contributed by atoms with Gasteiger partial charge in [0.2, 0.25) is 5.92 Å². The van der Waals surface area contributed by atoms with Gasteiger partial charge in [-0.25, -0.2) is 13.8 Å². The van der Waals surface area contributed by atoms with E-state index in [1.807, 2.05) is 0 Å². The van der Waals surface area contributed by atoms with Gasteiger partial charge < -0.3 is 15.1 Å². The summed E-state index contributed by atoms with van der Waals surface area (Å²) in [5.74, 6) is -1.93. The number of carbonyl (C=O) groups excluding carboxylic acids is 1. The Labute approximate surface area is 134 Å². The molecular weight excluding hydrogens is 304 g/mol. The third-order valence-electron chi connectivity index (χ3n) is 4.86. The van der Waals surface area contributed by atoms with E-state index in [2.05, 4.69) is 15.6 Å². The number of aromatic nitrogens is 1. The summed E-state index contributed by atoms with van der Waals surface area (Å²) in [7, 11) is 0. The Balaban J connectivity index is 1.50. The molecule has 0 spiro atoms. The molecule has 1 amide bonds. The average molecular weight is 327 g/mol. The van der Waals surface area contributed by atoms with Gasteiger partial charge in [0.1, 0.15) is 5.76 Å². The van der Waals surface area contributed by atoms with Gasteiger partial charge in [-0.05, 0) is 44.7 Å². The standard InChI is InChI=1S/C16H23F2N3O2/c17-16(18)5-1-11(9-16)2-8-20-15(22)13-14(23-10-21-13)12-3-6-19-7-4-12/h10-12,19H,1-9H2,(H,20,22). The highest BCUT2D eigenvalue weighted by Gasteiger charge is 2.39. The molecule has 1 aromatic rings. The Bertz CT molecular complexity index is 541. The van der Waals surface area contributed by atoms with Crippen LogP contribution in [0.25, 0.3) is 0 Å². The van der Waals surface area contributed by atoms with E-state index in [0.29, 0.717) is 30.8 Å². The predicted molar refractivity (Wildman–Crippen MR) is 80.6 cm³/mol. The number of hydrogen-bond donors (Lipinski definition) is 2. The molecule has 1 saturated heterocycles. The lowest BCUT2D eigenvalue weighted by atomic mass is 9.94. The fourth-order valence-electron chi connectivity index (χ4n) is 3.56. The zero-order chi connectivity index (χ0) is 16.3. The van der Waals surface area contributed by atoms with Crippen molar-refractivity contribution in [2.24, 2.45) is 5.92 Å². The molecule has 1 aliphatic heterocycles. The molecule has 0 bridgehead atoms. The summed E-state index contributed by atoms with van der Waals surface area (Å²) in [5.41, 5.74) is 0.341. The first kappa shape index (κ1) is 16.4. The van der Waals surface area contributed by atoms with Crippen molar-refractivity contribution in [3.63, 3.8) is 0 Å². The number of amides is 1. The van der Waals surface area contributed by atoms with E-state index >= 15 is 0 Å². The van der Waals surface area contributed by atoms with Crippen LogP contribution in [0.15, 0.2) is 10.8 Å². The quantitative estimate of drug-likeness (QED) is 0.872. The summed E-state index contributed by atoms with van der Waals surface area (Å²) in [6.45, 7) is 2.21. The molecule has 1 atom stereocenters. The number of nitrogens with one attached hydrogen (secondary N) is 2. The van der Waals surface area contributed by atoms with E-state index < -0.39 is 5.92 Å². The van der Waals surface area contributed by atoms with Crippen molar-refractivity contribution in [1.82, 2.24) is 15.6 Å². The van der Waals surface area contributed by atoms with Crippen LogP contribution in [0, 0.1) is 5.92 Å². The van der Waals surface area contributed by atoms with Crippen molar-refractivity contribution < 1.29 is 18.0 Å². The van der Waals surface area contributed by atoms with Crippen LogP contribution in [0.3, 0.4) is 0 Å². The monoisotopic (exact) mass is 327 g/mol. The van der Waals surface area contributed by atoms with Crippen LogP contribution in [-0.4, -0.2) is 36.4 Å². The van der Waals surface area contributed by atoms with Crippen molar-refractivity contribution >= 4 is 5.91 Å². The Morgan fingerprint density at radius 1 is 1.39 bits per heavy atom. The van der Waals surface area contributed by atoms with Crippen LogP contribution in [0.2, 0.25) is 0 Å². The molecule has 0 radical (unpaired) electrons. The highest BCUT2D eigenvalue weighted by Crippen LogP contribution is 2.40. The lowest BCUT2D eigenvalue weighted by molar-refractivity contribution is 0.00478. The zero-order valence-electron chi connectivity index (χ0n) is 13.1. The van der Waals surface area contributed by atoms with Gasteiger partial charge in [0.05, 0.1) is 0 Å². The second-order valence-electron chi connectivity index (χ2n) is 6.60. The van der Waals surface area contributed by atoms with Gasteiger partial charge in [-0.3, -0.25) is 4.79 Å². The van der Waals surface area contributed by atoms with Gasteiger partial charge in [-0.2, -0.15) is 0 Å². The summed E-state index contributed by atoms with van der Waals surface area (Å²) < 4.78 is 31.7. The Morgan fingerprint density at radius 2 is 2.17 bits per heavy atom. The molecule has 1 aliphatic carbocycles. The van der Waals surface area contributed by atoms with Crippen LogP contribution in [0.1, 0.15) is 60.7 Å². The topological polar surface area (TPSA) is 67.2 Å². The minimum Gasteiger partial charge on any atom is -0.447 e. The van der Waals surface area contributed by atoms with E-state index in [1.165, 1.54) is 6.39 Å². The fraction of sp³-hybridized carbons (Fsp3) is 0.750. The number of hydrogen-bond acceptors (Lipinski definition) is 4. The van der Waals surface area contributed by atoms with Crippen molar-refractivity contribution in [2.75, 3.05) is 19.6 Å². The Morgan fingerprint density at radius 3 is 2.87 bits per heavy atom. The molecule has 7 heteroatoms. The van der Waals surface area contributed by atoms with Crippen molar-refractivity contribution in [3.8, 4) is 0 Å². The molecule has 2 aliphatic rings. The third kappa shape index (κ3) is 4.07. The van der Waals surface area contributed by atoms with E-state index in [1.54, 1.807) is 0 Å². The fourth-order valence-corrected chi connectivity index (χ4v) is 3.56. The largest absolute Gasteiger partial charge is 0.447 e. The summed E-state index contributed by atoms with van der Waals surface area (Å²) in [6.07, 6.45) is 4.18. The van der Waals surface area contributed by atoms with Crippen LogP contribution < -0.4 is 10.6 Å². The molecule has 1 saturated carbocycles. The number of rotatable bonds is 5. The highest BCUT2D eigenvalue weighted by molar-refractivity contribution is 5.93. The average Bonchev–Trinajstić information content (AvgIpc) is 3.14. The van der Waals surface area contributed by atoms with Gasteiger partial charge in [0.25, 0.3) is 5.91 Å². The molecule has 128 valence electrons. The number of oxazole rings is 1. The molecule has 1 unspecified atom stereocenters. The number of carbonyl (C=O) groups is 1. The van der Waals surface area contributed by atoms with Crippen LogP contribution in [-0.2, 0) is 0 Å². The summed E-state index contributed by atoms with van der Waals surface area (Å²) in [4.78, 5) is 16.3. The molecule has 23 heavy (non-hydrogen) atoms. The SMILES string of the molecule is O=C(NCCC1CCC(F)(F)C1)c1ncoc1C1CCNCC1. The zero-order valence-corrected chi connectivity index (χ0v) is 13.1. The smallest absolute Gasteiger partial charge is 0.273 e. The third-order valence-corrected chi connectivity index (χ3v) is 4.86. The molecule has 2 N–H and O–H groups in total. The number of piperidine rings is 1. The lowest BCUT2D eigenvalue weighted by Gasteiger charge is -2.21.